The van der Waals surface area contributed by atoms with Gasteiger partial charge in [-0.05, 0) is 113 Å². The molecule has 0 bridgehead atoms. The molecule has 0 radical (unpaired) electrons. The van der Waals surface area contributed by atoms with E-state index < -0.39 is 23.6 Å². The lowest BCUT2D eigenvalue weighted by Crippen LogP contribution is -2.28. The minimum absolute atomic E-state index is 0.158. The van der Waals surface area contributed by atoms with E-state index in [1.165, 1.54) is 6.20 Å². The molecule has 0 saturated carbocycles. The fourth-order valence-corrected chi connectivity index (χ4v) is 6.22. The maximum Gasteiger partial charge on any atom is 0.413 e. The van der Waals surface area contributed by atoms with Gasteiger partial charge >= 0.3 is 6.18 Å². The third-order valence-corrected chi connectivity index (χ3v) is 9.12. The molecule has 4 heterocycles. The molecule has 1 fully saturated rings. The average molecular weight is 619 g/mol. The molecule has 1 aliphatic heterocycles. The van der Waals surface area contributed by atoms with Gasteiger partial charge in [-0.2, -0.15) is 13.2 Å². The molecule has 1 aliphatic carbocycles. The van der Waals surface area contributed by atoms with E-state index in [0.29, 0.717) is 41.7 Å². The Balaban J connectivity index is 1.31. The average Bonchev–Trinajstić information content (AvgIpc) is 3.37. The number of pyridine rings is 2. The number of carbonyl (C=O) groups is 1. The van der Waals surface area contributed by atoms with Gasteiger partial charge in [0.25, 0.3) is 5.91 Å². The third-order valence-electron chi connectivity index (χ3n) is 9.12. The first-order chi connectivity index (χ1) is 21.6. The molecule has 5 rings (SSSR count). The van der Waals surface area contributed by atoms with Crippen LogP contribution in [0.4, 0.5) is 13.2 Å². The van der Waals surface area contributed by atoms with Crippen molar-refractivity contribution in [2.45, 2.75) is 71.4 Å². The molecule has 1 saturated heterocycles. The first kappa shape index (κ1) is 32.4. The Morgan fingerprint density at radius 1 is 1.13 bits per heavy atom. The number of aryl methyl sites for hydroxylation is 1. The van der Waals surface area contributed by atoms with Crippen LogP contribution in [0.15, 0.2) is 60.1 Å². The second kappa shape index (κ2) is 14.4. The number of likely N-dealkylation sites (tertiary alicyclic amines) is 1. The summed E-state index contributed by atoms with van der Waals surface area (Å²) in [4.78, 5) is 20.1. The van der Waals surface area contributed by atoms with Gasteiger partial charge in [0.15, 0.2) is 5.65 Å². The smallest absolute Gasteiger partial charge is 0.322 e. The number of nitrogens with one attached hydrogen (secondary N) is 1. The van der Waals surface area contributed by atoms with Crippen molar-refractivity contribution in [3.8, 4) is 11.8 Å². The van der Waals surface area contributed by atoms with Crippen molar-refractivity contribution in [2.75, 3.05) is 20.1 Å². The zero-order valence-electron chi connectivity index (χ0n) is 26.2. The van der Waals surface area contributed by atoms with E-state index in [-0.39, 0.29) is 17.7 Å². The maximum atomic E-state index is 14.2. The summed E-state index contributed by atoms with van der Waals surface area (Å²) in [5, 5.41) is 11.0. The zero-order valence-corrected chi connectivity index (χ0v) is 26.2. The molecule has 1 N–H and O–H groups in total. The predicted molar refractivity (Wildman–Crippen MR) is 168 cm³/mol. The summed E-state index contributed by atoms with van der Waals surface area (Å²) in [5.41, 5.74) is 1.81. The number of hydrogen-bond donors (Lipinski definition) is 1. The Morgan fingerprint density at radius 3 is 2.76 bits per heavy atom. The third kappa shape index (κ3) is 8.20. The molecule has 7 nitrogen and oxygen atoms in total. The molecule has 3 aromatic heterocycles. The van der Waals surface area contributed by atoms with E-state index in [2.05, 4.69) is 58.1 Å². The van der Waals surface area contributed by atoms with E-state index >= 15 is 0 Å². The molecule has 0 spiro atoms. The number of alkyl halides is 3. The number of fused-ring (bicyclic) bond motifs is 1. The van der Waals surface area contributed by atoms with Crippen LogP contribution in [0.5, 0.6) is 0 Å². The van der Waals surface area contributed by atoms with Crippen LogP contribution >= 0.6 is 0 Å². The normalized spacial score (nSPS) is 21.0. The summed E-state index contributed by atoms with van der Waals surface area (Å²) < 4.78 is 44.5. The Labute approximate surface area is 263 Å². The Kier molecular flexibility index (Phi) is 10.4. The number of allylic oxidation sites excluding steroid dienone is 3. The van der Waals surface area contributed by atoms with Gasteiger partial charge in [-0.1, -0.05) is 38.3 Å². The molecular formula is C35H41F3N6O. The van der Waals surface area contributed by atoms with Gasteiger partial charge in [-0.25, -0.2) is 0 Å². The summed E-state index contributed by atoms with van der Waals surface area (Å²) in [6.07, 6.45) is 7.75. The Morgan fingerprint density at radius 2 is 1.96 bits per heavy atom. The van der Waals surface area contributed by atoms with Crippen molar-refractivity contribution in [1.82, 2.24) is 29.8 Å². The molecular weight excluding hydrogens is 577 g/mol. The molecule has 3 atom stereocenters. The Bertz CT molecular complexity index is 1630. The molecule has 10 heteroatoms. The highest BCUT2D eigenvalue weighted by Crippen LogP contribution is 2.40. The van der Waals surface area contributed by atoms with Gasteiger partial charge in [0.2, 0.25) is 5.82 Å². The minimum Gasteiger partial charge on any atom is -0.322 e. The number of carbonyl (C=O) groups excluding carboxylic acids is 1. The van der Waals surface area contributed by atoms with Crippen LogP contribution in [-0.4, -0.2) is 56.7 Å². The first-order valence-corrected chi connectivity index (χ1v) is 15.9. The molecule has 238 valence electrons. The number of hydrogen-bond acceptors (Lipinski definition) is 5. The monoisotopic (exact) mass is 618 g/mol. The highest BCUT2D eigenvalue weighted by Gasteiger charge is 2.40. The van der Waals surface area contributed by atoms with Crippen molar-refractivity contribution in [3.05, 3.63) is 82.7 Å². The number of amides is 1. The van der Waals surface area contributed by atoms with Gasteiger partial charge < -0.3 is 10.2 Å². The molecule has 1 amide bonds. The van der Waals surface area contributed by atoms with Gasteiger partial charge in [0.1, 0.15) is 0 Å². The lowest BCUT2D eigenvalue weighted by Gasteiger charge is -2.28. The van der Waals surface area contributed by atoms with Crippen LogP contribution in [-0.2, 0) is 6.42 Å². The Hall–Kier alpha value is -3.97. The first-order valence-electron chi connectivity index (χ1n) is 15.9. The maximum absolute atomic E-state index is 14.2. The summed E-state index contributed by atoms with van der Waals surface area (Å²) in [7, 11) is 2.10. The number of nitrogens with zero attached hydrogens (tertiary/aromatic N) is 5. The SMILES string of the molecule is CCCCc1ncc(C(=O)NC2=CCC(CCC3CCN(C)CCC3C)C(C(F)(F)F)=C2)cc1C#Cc1nnc2ccccn12. The number of rotatable bonds is 8. The molecule has 0 aromatic carbocycles. The van der Waals surface area contributed by atoms with Crippen LogP contribution in [0.3, 0.4) is 0 Å². The molecule has 2 aliphatic rings. The van der Waals surface area contributed by atoms with Crippen LogP contribution in [0, 0.1) is 29.6 Å². The van der Waals surface area contributed by atoms with Crippen LogP contribution in [0.1, 0.15) is 86.2 Å². The summed E-state index contributed by atoms with van der Waals surface area (Å²) >= 11 is 0. The van der Waals surface area contributed by atoms with E-state index in [9.17, 15) is 18.0 Å². The lowest BCUT2D eigenvalue weighted by molar-refractivity contribution is -0.0999. The van der Waals surface area contributed by atoms with Crippen LogP contribution < -0.4 is 5.32 Å². The second-order valence-electron chi connectivity index (χ2n) is 12.4. The van der Waals surface area contributed by atoms with Crippen molar-refractivity contribution >= 4 is 11.6 Å². The minimum atomic E-state index is -4.47. The standard InChI is InChI=1S/C35H41F3N6O/c1-4-5-8-31-27(13-15-33-42-41-32-9-6-7-18-44(32)33)21-28(23-39-31)34(45)40-29-14-12-26(30(22-29)35(36,37)38)11-10-25-17-20-43(3)19-16-24(25)2/h6-7,9,14,18,21-26H,4-5,8,10-12,16-17,19-20H2,1-3H3,(H,40,45). The van der Waals surface area contributed by atoms with E-state index in [1.54, 1.807) is 16.5 Å². The van der Waals surface area contributed by atoms with Gasteiger partial charge in [-0.15, -0.1) is 10.2 Å². The lowest BCUT2D eigenvalue weighted by atomic mass is 9.80. The highest BCUT2D eigenvalue weighted by molar-refractivity contribution is 5.95. The summed E-state index contributed by atoms with van der Waals surface area (Å²) in [6.45, 7) is 6.32. The molecule has 45 heavy (non-hydrogen) atoms. The van der Waals surface area contributed by atoms with E-state index in [0.717, 1.165) is 57.0 Å². The molecule has 3 aromatic rings. The second-order valence-corrected chi connectivity index (χ2v) is 12.4. The van der Waals surface area contributed by atoms with Crippen LogP contribution in [0.2, 0.25) is 0 Å². The predicted octanol–water partition coefficient (Wildman–Crippen LogP) is 6.75. The number of aromatic nitrogens is 4. The quantitative estimate of drug-likeness (QED) is 0.283. The van der Waals surface area contributed by atoms with Gasteiger partial charge in [0.05, 0.1) is 11.3 Å². The number of unbranched alkanes of at least 4 members (excludes halogenated alkanes) is 1. The van der Waals surface area contributed by atoms with E-state index in [1.807, 2.05) is 24.4 Å². The van der Waals surface area contributed by atoms with Crippen LogP contribution in [0.25, 0.3) is 5.65 Å². The summed E-state index contributed by atoms with van der Waals surface area (Å²) in [5.74, 6) is 6.37. The van der Waals surface area contributed by atoms with Crippen molar-refractivity contribution < 1.29 is 18.0 Å². The summed E-state index contributed by atoms with van der Waals surface area (Å²) in [6, 6.07) is 7.20. The largest absolute Gasteiger partial charge is 0.413 e. The van der Waals surface area contributed by atoms with Gasteiger partial charge in [-0.3, -0.25) is 14.2 Å². The fraction of sp³-hybridized carbons (Fsp3) is 0.486. The molecule has 3 unspecified atom stereocenters. The zero-order chi connectivity index (χ0) is 32.0. The van der Waals surface area contributed by atoms with Crippen molar-refractivity contribution in [3.63, 3.8) is 0 Å². The van der Waals surface area contributed by atoms with Crippen molar-refractivity contribution in [1.29, 1.82) is 0 Å². The van der Waals surface area contributed by atoms with Gasteiger partial charge in [0, 0.05) is 29.2 Å². The van der Waals surface area contributed by atoms with E-state index in [4.69, 9.17) is 0 Å². The number of halogens is 3. The fourth-order valence-electron chi connectivity index (χ4n) is 6.22. The highest BCUT2D eigenvalue weighted by atomic mass is 19.4. The topological polar surface area (TPSA) is 75.4 Å². The van der Waals surface area contributed by atoms with Crippen molar-refractivity contribution in [2.24, 2.45) is 17.8 Å².